The summed E-state index contributed by atoms with van der Waals surface area (Å²) >= 11 is 5.83. The Morgan fingerprint density at radius 1 is 1.33 bits per heavy atom. The molecule has 1 aromatic rings. The summed E-state index contributed by atoms with van der Waals surface area (Å²) in [7, 11) is 0. The van der Waals surface area contributed by atoms with Crippen LogP contribution in [0.5, 0.6) is 0 Å². The van der Waals surface area contributed by atoms with Gasteiger partial charge in [0.1, 0.15) is 0 Å². The predicted octanol–water partition coefficient (Wildman–Crippen LogP) is 4.50. The lowest BCUT2D eigenvalue weighted by atomic mass is 9.97. The van der Waals surface area contributed by atoms with Crippen LogP contribution in [-0.4, -0.2) is 4.98 Å². The van der Waals surface area contributed by atoms with E-state index in [0.717, 1.165) is 17.9 Å². The van der Waals surface area contributed by atoms with E-state index in [4.69, 9.17) is 11.6 Å². The summed E-state index contributed by atoms with van der Waals surface area (Å²) in [5.41, 5.74) is 3.77. The first-order valence-corrected chi connectivity index (χ1v) is 5.86. The predicted molar refractivity (Wildman–Crippen MR) is 67.2 cm³/mol. The average Bonchev–Trinajstić information content (AvgIpc) is 2.18. The third-order valence-corrected chi connectivity index (χ3v) is 2.34. The monoisotopic (exact) mass is 223 g/mol. The lowest BCUT2D eigenvalue weighted by molar-refractivity contribution is 0.884. The summed E-state index contributed by atoms with van der Waals surface area (Å²) in [5.74, 6) is 0. The van der Waals surface area contributed by atoms with Gasteiger partial charge in [0.15, 0.2) is 0 Å². The van der Waals surface area contributed by atoms with Crippen molar-refractivity contribution in [3.8, 4) is 0 Å². The first kappa shape index (κ1) is 12.3. The van der Waals surface area contributed by atoms with Crippen molar-refractivity contribution in [2.75, 3.05) is 0 Å². The Kier molecular flexibility index (Phi) is 4.83. The van der Waals surface area contributed by atoms with Crippen molar-refractivity contribution in [3.05, 3.63) is 34.1 Å². The van der Waals surface area contributed by atoms with Gasteiger partial charge >= 0.3 is 0 Å². The zero-order chi connectivity index (χ0) is 11.3. The molecule has 0 unspecified atom stereocenters. The molecule has 1 aliphatic carbocycles. The smallest absolute Gasteiger partial charge is 0.0595 e. The summed E-state index contributed by atoms with van der Waals surface area (Å²) in [6.45, 7) is 6.39. The fourth-order valence-corrected chi connectivity index (χ4v) is 1.64. The van der Waals surface area contributed by atoms with Gasteiger partial charge in [0.05, 0.1) is 5.02 Å². The Balaban J connectivity index is 0.000000337. The minimum absolute atomic E-state index is 0.722. The molecule has 1 aliphatic rings. The minimum atomic E-state index is 0.722. The number of hydrogen-bond donors (Lipinski definition) is 0. The Hall–Kier alpha value is -0.820. The molecule has 1 heterocycles. The first-order valence-electron chi connectivity index (χ1n) is 5.49. The van der Waals surface area contributed by atoms with Gasteiger partial charge in [0.2, 0.25) is 0 Å². The van der Waals surface area contributed by atoms with Gasteiger partial charge in [-0.3, -0.25) is 4.98 Å². The van der Waals surface area contributed by atoms with E-state index in [2.05, 4.69) is 31.8 Å². The number of fused-ring (bicyclic) bond motifs is 1. The van der Waals surface area contributed by atoms with Gasteiger partial charge in [0.25, 0.3) is 0 Å². The maximum atomic E-state index is 5.83. The van der Waals surface area contributed by atoms with E-state index < -0.39 is 0 Å². The molecule has 0 atom stereocenters. The van der Waals surface area contributed by atoms with Crippen LogP contribution in [0, 0.1) is 0 Å². The second kappa shape index (κ2) is 5.92. The molecule has 0 saturated carbocycles. The van der Waals surface area contributed by atoms with E-state index in [1.165, 1.54) is 23.3 Å². The Morgan fingerprint density at radius 3 is 2.67 bits per heavy atom. The van der Waals surface area contributed by atoms with Gasteiger partial charge in [-0.05, 0) is 31.4 Å². The summed E-state index contributed by atoms with van der Waals surface area (Å²) in [6.07, 6.45) is 7.31. The molecule has 1 aromatic heterocycles. The first-order chi connectivity index (χ1) is 7.17. The SMILES string of the molecule is CC1=Cc2cc(Cl)cnc2CC1.CCC. The molecule has 2 rings (SSSR count). The van der Waals surface area contributed by atoms with Crippen LogP contribution >= 0.6 is 11.6 Å². The molecule has 0 aromatic carbocycles. The summed E-state index contributed by atoms with van der Waals surface area (Å²) in [5, 5.41) is 0.722. The highest BCUT2D eigenvalue weighted by atomic mass is 35.5. The van der Waals surface area contributed by atoms with E-state index >= 15 is 0 Å². The van der Waals surface area contributed by atoms with Crippen molar-refractivity contribution < 1.29 is 0 Å². The molecule has 82 valence electrons. The molecular formula is C13H18ClN. The zero-order valence-corrected chi connectivity index (χ0v) is 10.4. The lowest BCUT2D eigenvalue weighted by Gasteiger charge is -2.12. The molecule has 0 bridgehead atoms. The number of halogens is 1. The molecule has 0 amide bonds. The number of pyridine rings is 1. The molecule has 0 aliphatic heterocycles. The van der Waals surface area contributed by atoms with E-state index in [1.54, 1.807) is 6.20 Å². The van der Waals surface area contributed by atoms with E-state index in [-0.39, 0.29) is 0 Å². The van der Waals surface area contributed by atoms with Gasteiger partial charge < -0.3 is 0 Å². The second-order valence-electron chi connectivity index (χ2n) is 3.89. The highest BCUT2D eigenvalue weighted by Crippen LogP contribution is 2.23. The Bertz CT molecular complexity index is 356. The molecule has 0 N–H and O–H groups in total. The number of aryl methyl sites for hydroxylation is 1. The summed E-state index contributed by atoms with van der Waals surface area (Å²) in [6, 6.07) is 1.98. The highest BCUT2D eigenvalue weighted by Gasteiger charge is 2.08. The molecule has 0 fully saturated rings. The van der Waals surface area contributed by atoms with Gasteiger partial charge in [-0.15, -0.1) is 0 Å². The van der Waals surface area contributed by atoms with Crippen molar-refractivity contribution in [1.82, 2.24) is 4.98 Å². The number of nitrogens with zero attached hydrogens (tertiary/aromatic N) is 1. The standard InChI is InChI=1S/C10H10ClN.C3H8/c1-7-2-3-10-8(4-7)5-9(11)6-12-10;1-3-2/h4-6H,2-3H2,1H3;3H2,1-2H3. The maximum absolute atomic E-state index is 5.83. The molecule has 15 heavy (non-hydrogen) atoms. The molecule has 0 radical (unpaired) electrons. The van der Waals surface area contributed by atoms with Gasteiger partial charge in [0, 0.05) is 11.9 Å². The van der Waals surface area contributed by atoms with E-state index in [1.807, 2.05) is 6.07 Å². The van der Waals surface area contributed by atoms with Crippen molar-refractivity contribution in [2.45, 2.75) is 40.0 Å². The van der Waals surface area contributed by atoms with Crippen LogP contribution in [0.25, 0.3) is 6.08 Å². The fraction of sp³-hybridized carbons (Fsp3) is 0.462. The van der Waals surface area contributed by atoms with Crippen molar-refractivity contribution in [1.29, 1.82) is 0 Å². The zero-order valence-electron chi connectivity index (χ0n) is 9.68. The van der Waals surface area contributed by atoms with Crippen LogP contribution in [0.4, 0.5) is 0 Å². The van der Waals surface area contributed by atoms with Crippen LogP contribution in [0.2, 0.25) is 5.02 Å². The Labute approximate surface area is 97.2 Å². The van der Waals surface area contributed by atoms with Crippen molar-refractivity contribution >= 4 is 17.7 Å². The molecular weight excluding hydrogens is 206 g/mol. The largest absolute Gasteiger partial charge is 0.259 e. The Morgan fingerprint density at radius 2 is 2.00 bits per heavy atom. The molecule has 2 heteroatoms. The lowest BCUT2D eigenvalue weighted by Crippen LogP contribution is -1.99. The summed E-state index contributed by atoms with van der Waals surface area (Å²) < 4.78 is 0. The van der Waals surface area contributed by atoms with Gasteiger partial charge in [-0.1, -0.05) is 43.5 Å². The number of hydrogen-bond acceptors (Lipinski definition) is 1. The van der Waals surface area contributed by atoms with Crippen LogP contribution in [0.3, 0.4) is 0 Å². The number of allylic oxidation sites excluding steroid dienone is 1. The number of aromatic nitrogens is 1. The molecule has 0 spiro atoms. The minimum Gasteiger partial charge on any atom is -0.259 e. The third kappa shape index (κ3) is 3.67. The molecule has 0 saturated heterocycles. The maximum Gasteiger partial charge on any atom is 0.0595 e. The summed E-state index contributed by atoms with van der Waals surface area (Å²) in [4.78, 5) is 4.28. The topological polar surface area (TPSA) is 12.9 Å². The third-order valence-electron chi connectivity index (χ3n) is 2.13. The highest BCUT2D eigenvalue weighted by molar-refractivity contribution is 6.30. The fourth-order valence-electron chi connectivity index (χ4n) is 1.47. The number of rotatable bonds is 0. The average molecular weight is 224 g/mol. The van der Waals surface area contributed by atoms with Crippen molar-refractivity contribution in [3.63, 3.8) is 0 Å². The molecule has 1 nitrogen and oxygen atoms in total. The van der Waals surface area contributed by atoms with Crippen LogP contribution < -0.4 is 0 Å². The van der Waals surface area contributed by atoms with Crippen molar-refractivity contribution in [2.24, 2.45) is 0 Å². The quantitative estimate of drug-likeness (QED) is 0.631. The van der Waals surface area contributed by atoms with Gasteiger partial charge in [-0.25, -0.2) is 0 Å². The van der Waals surface area contributed by atoms with Crippen LogP contribution in [-0.2, 0) is 6.42 Å². The van der Waals surface area contributed by atoms with Crippen LogP contribution in [0.1, 0.15) is 44.9 Å². The van der Waals surface area contributed by atoms with Crippen LogP contribution in [0.15, 0.2) is 17.8 Å². The normalized spacial score (nSPS) is 13.5. The second-order valence-corrected chi connectivity index (χ2v) is 4.32. The van der Waals surface area contributed by atoms with E-state index in [9.17, 15) is 0 Å². The van der Waals surface area contributed by atoms with Gasteiger partial charge in [-0.2, -0.15) is 0 Å². The van der Waals surface area contributed by atoms with E-state index in [0.29, 0.717) is 0 Å².